The Morgan fingerprint density at radius 2 is 1.91 bits per heavy atom. The van der Waals surface area contributed by atoms with E-state index in [-0.39, 0.29) is 24.1 Å². The number of aromatic nitrogens is 2. The van der Waals surface area contributed by atoms with Crippen LogP contribution < -0.4 is 5.32 Å². The maximum Gasteiger partial charge on any atom is 0.316 e. The number of amides is 1. The molecule has 0 saturated carbocycles. The number of rotatable bonds is 4. The zero-order valence-corrected chi connectivity index (χ0v) is 12.5. The molecular weight excluding hydrogens is 321 g/mol. The van der Waals surface area contributed by atoms with Crippen LogP contribution in [-0.2, 0) is 6.54 Å². The molecule has 2 aromatic carbocycles. The molecule has 0 unspecified atom stereocenters. The maximum atomic E-state index is 12.9. The summed E-state index contributed by atoms with van der Waals surface area (Å²) in [7, 11) is 0. The number of nitrogens with zero attached hydrogens (tertiary/aromatic N) is 2. The standard InChI is InChI=1S/C16H11ClFN3O2/c17-13-4-2-1-3-11(13)9-19-15(22)16-20-14(21-23-16)10-5-7-12(18)8-6-10/h1-8H,9H2,(H,19,22). The first-order valence-corrected chi connectivity index (χ1v) is 7.12. The van der Waals surface area contributed by atoms with Crippen molar-refractivity contribution in [1.29, 1.82) is 0 Å². The number of carbonyl (C=O) groups excluding carboxylic acids is 1. The lowest BCUT2D eigenvalue weighted by Gasteiger charge is -2.04. The number of hydrogen-bond donors (Lipinski definition) is 1. The van der Waals surface area contributed by atoms with Gasteiger partial charge in [0.25, 0.3) is 0 Å². The number of benzene rings is 2. The molecule has 3 rings (SSSR count). The van der Waals surface area contributed by atoms with Crippen LogP contribution in [0.1, 0.15) is 16.2 Å². The number of carbonyl (C=O) groups is 1. The van der Waals surface area contributed by atoms with E-state index >= 15 is 0 Å². The number of nitrogens with one attached hydrogen (secondary N) is 1. The highest BCUT2D eigenvalue weighted by molar-refractivity contribution is 6.31. The second-order valence-corrected chi connectivity index (χ2v) is 5.11. The lowest BCUT2D eigenvalue weighted by molar-refractivity contribution is 0.0907. The summed E-state index contributed by atoms with van der Waals surface area (Å²) in [5.74, 6) is -0.829. The third-order valence-corrected chi connectivity index (χ3v) is 3.49. The summed E-state index contributed by atoms with van der Waals surface area (Å²) < 4.78 is 17.8. The Kier molecular flexibility index (Phi) is 4.34. The van der Waals surface area contributed by atoms with Crippen molar-refractivity contribution in [1.82, 2.24) is 15.5 Å². The van der Waals surface area contributed by atoms with Gasteiger partial charge in [-0.25, -0.2) is 4.39 Å². The molecule has 0 spiro atoms. The van der Waals surface area contributed by atoms with Crippen molar-refractivity contribution in [3.63, 3.8) is 0 Å². The Bertz CT molecular complexity index is 833. The summed E-state index contributed by atoms with van der Waals surface area (Å²) in [4.78, 5) is 16.0. The van der Waals surface area contributed by atoms with Gasteiger partial charge in [0.15, 0.2) is 0 Å². The average Bonchev–Trinajstić information content (AvgIpc) is 3.04. The van der Waals surface area contributed by atoms with Crippen LogP contribution in [0.15, 0.2) is 53.1 Å². The van der Waals surface area contributed by atoms with Gasteiger partial charge in [-0.2, -0.15) is 4.98 Å². The van der Waals surface area contributed by atoms with Gasteiger partial charge in [0.2, 0.25) is 5.82 Å². The molecule has 5 nitrogen and oxygen atoms in total. The molecule has 0 fully saturated rings. The van der Waals surface area contributed by atoms with Crippen molar-refractivity contribution in [2.24, 2.45) is 0 Å². The first kappa shape index (κ1) is 15.2. The molecule has 116 valence electrons. The van der Waals surface area contributed by atoms with Gasteiger partial charge in [-0.15, -0.1) is 0 Å². The van der Waals surface area contributed by atoms with Crippen LogP contribution in [-0.4, -0.2) is 16.0 Å². The van der Waals surface area contributed by atoms with E-state index in [1.807, 2.05) is 6.07 Å². The Hall–Kier alpha value is -2.73. The molecule has 0 atom stereocenters. The van der Waals surface area contributed by atoms with E-state index < -0.39 is 5.91 Å². The summed E-state index contributed by atoms with van der Waals surface area (Å²) in [5, 5.41) is 6.93. The molecule has 0 aliphatic rings. The Labute approximate surface area is 136 Å². The molecule has 0 radical (unpaired) electrons. The van der Waals surface area contributed by atoms with Crippen molar-refractivity contribution in [3.8, 4) is 11.4 Å². The van der Waals surface area contributed by atoms with E-state index in [4.69, 9.17) is 16.1 Å². The largest absolute Gasteiger partial charge is 0.344 e. The van der Waals surface area contributed by atoms with E-state index in [9.17, 15) is 9.18 Å². The number of halogens is 2. The summed E-state index contributed by atoms with van der Waals surface area (Å²) in [6.07, 6.45) is 0. The third-order valence-electron chi connectivity index (χ3n) is 3.12. The van der Waals surface area contributed by atoms with Gasteiger partial charge in [-0.3, -0.25) is 4.79 Å². The summed E-state index contributed by atoms with van der Waals surface area (Å²) in [5.41, 5.74) is 1.33. The van der Waals surface area contributed by atoms with E-state index in [0.717, 1.165) is 5.56 Å². The minimum absolute atomic E-state index is 0.170. The van der Waals surface area contributed by atoms with Crippen LogP contribution in [0.3, 0.4) is 0 Å². The van der Waals surface area contributed by atoms with E-state index in [2.05, 4.69) is 15.5 Å². The molecule has 0 aliphatic carbocycles. The molecule has 7 heteroatoms. The van der Waals surface area contributed by atoms with Gasteiger partial charge < -0.3 is 9.84 Å². The molecule has 0 saturated heterocycles. The smallest absolute Gasteiger partial charge is 0.316 e. The van der Waals surface area contributed by atoms with Crippen LogP contribution in [0, 0.1) is 5.82 Å². The van der Waals surface area contributed by atoms with Crippen molar-refractivity contribution in [2.75, 3.05) is 0 Å². The highest BCUT2D eigenvalue weighted by atomic mass is 35.5. The molecule has 23 heavy (non-hydrogen) atoms. The minimum atomic E-state index is -0.509. The van der Waals surface area contributed by atoms with E-state index in [0.29, 0.717) is 10.6 Å². The second-order valence-electron chi connectivity index (χ2n) is 4.70. The zero-order valence-electron chi connectivity index (χ0n) is 11.8. The molecule has 3 aromatic rings. The Balaban J connectivity index is 1.69. The predicted molar refractivity (Wildman–Crippen MR) is 82.3 cm³/mol. The topological polar surface area (TPSA) is 68.0 Å². The quantitative estimate of drug-likeness (QED) is 0.795. The van der Waals surface area contributed by atoms with Gasteiger partial charge in [-0.05, 0) is 35.9 Å². The monoisotopic (exact) mass is 331 g/mol. The molecule has 1 aromatic heterocycles. The van der Waals surface area contributed by atoms with Crippen molar-refractivity contribution in [2.45, 2.75) is 6.54 Å². The average molecular weight is 332 g/mol. The first-order chi connectivity index (χ1) is 11.1. The summed E-state index contributed by atoms with van der Waals surface area (Å²) in [6.45, 7) is 0.243. The first-order valence-electron chi connectivity index (χ1n) is 6.75. The highest BCUT2D eigenvalue weighted by Gasteiger charge is 2.16. The van der Waals surface area contributed by atoms with Crippen molar-refractivity contribution in [3.05, 3.63) is 70.8 Å². The third kappa shape index (κ3) is 3.54. The van der Waals surface area contributed by atoms with Gasteiger partial charge in [0.05, 0.1) is 0 Å². The van der Waals surface area contributed by atoms with Crippen LogP contribution >= 0.6 is 11.6 Å². The second kappa shape index (κ2) is 6.58. The van der Waals surface area contributed by atoms with E-state index in [1.54, 1.807) is 18.2 Å². The Morgan fingerprint density at radius 1 is 1.17 bits per heavy atom. The Morgan fingerprint density at radius 3 is 2.65 bits per heavy atom. The normalized spacial score (nSPS) is 10.5. The lowest BCUT2D eigenvalue weighted by atomic mass is 10.2. The number of hydrogen-bond acceptors (Lipinski definition) is 4. The molecule has 1 amide bonds. The van der Waals surface area contributed by atoms with Gasteiger partial charge in [0, 0.05) is 17.1 Å². The molecule has 1 N–H and O–H groups in total. The predicted octanol–water partition coefficient (Wildman–Crippen LogP) is 3.46. The SMILES string of the molecule is O=C(NCc1ccccc1Cl)c1nc(-c2ccc(F)cc2)no1. The molecule has 0 bridgehead atoms. The highest BCUT2D eigenvalue weighted by Crippen LogP contribution is 2.17. The van der Waals surface area contributed by atoms with Crippen molar-refractivity contribution < 1.29 is 13.7 Å². The fourth-order valence-electron chi connectivity index (χ4n) is 1.92. The fraction of sp³-hybridized carbons (Fsp3) is 0.0625. The lowest BCUT2D eigenvalue weighted by Crippen LogP contribution is -2.23. The summed E-state index contributed by atoms with van der Waals surface area (Å²) >= 11 is 6.02. The zero-order chi connectivity index (χ0) is 16.2. The van der Waals surface area contributed by atoms with Gasteiger partial charge in [0.1, 0.15) is 5.82 Å². The molecule has 1 heterocycles. The van der Waals surface area contributed by atoms with Gasteiger partial charge in [-0.1, -0.05) is 35.0 Å². The minimum Gasteiger partial charge on any atom is -0.344 e. The van der Waals surface area contributed by atoms with Gasteiger partial charge >= 0.3 is 11.8 Å². The van der Waals surface area contributed by atoms with Crippen LogP contribution in [0.2, 0.25) is 5.02 Å². The van der Waals surface area contributed by atoms with Crippen molar-refractivity contribution >= 4 is 17.5 Å². The van der Waals surface area contributed by atoms with Crippen LogP contribution in [0.4, 0.5) is 4.39 Å². The van der Waals surface area contributed by atoms with E-state index in [1.165, 1.54) is 24.3 Å². The molecular formula is C16H11ClFN3O2. The molecule has 0 aliphatic heterocycles. The van der Waals surface area contributed by atoms with Crippen LogP contribution in [0.25, 0.3) is 11.4 Å². The van der Waals surface area contributed by atoms with Crippen LogP contribution in [0.5, 0.6) is 0 Å². The maximum absolute atomic E-state index is 12.9. The fourth-order valence-corrected chi connectivity index (χ4v) is 2.13. The summed E-state index contributed by atoms with van der Waals surface area (Å²) in [6, 6.07) is 12.7.